The van der Waals surface area contributed by atoms with E-state index in [2.05, 4.69) is 15.1 Å². The Morgan fingerprint density at radius 1 is 0.968 bits per heavy atom. The number of nitrogens with zero attached hydrogens (tertiary/aromatic N) is 3. The van der Waals surface area contributed by atoms with Crippen molar-refractivity contribution >= 4 is 22.6 Å². The molecule has 0 amide bonds. The molecular formula is C24H18ClFN4O. The van der Waals surface area contributed by atoms with Crippen LogP contribution in [-0.2, 0) is 12.8 Å². The zero-order valence-electron chi connectivity index (χ0n) is 16.4. The second-order valence-electron chi connectivity index (χ2n) is 7.28. The molecule has 0 bridgehead atoms. The van der Waals surface area contributed by atoms with Crippen molar-refractivity contribution in [2.45, 2.75) is 12.8 Å². The number of hydrogen-bond acceptors (Lipinski definition) is 3. The molecular weight excluding hydrogens is 415 g/mol. The highest BCUT2D eigenvalue weighted by molar-refractivity contribution is 6.31. The SMILES string of the molecule is Oc1c(CCc2ccc(F)cc2)c(-c2ccccc2)nn1-c1nc2cc(Cl)ccc2[nH]1. The van der Waals surface area contributed by atoms with Crippen LogP contribution in [0.4, 0.5) is 4.39 Å². The number of H-pyrrole nitrogens is 1. The van der Waals surface area contributed by atoms with E-state index < -0.39 is 0 Å². The zero-order chi connectivity index (χ0) is 21.4. The molecule has 0 radical (unpaired) electrons. The summed E-state index contributed by atoms with van der Waals surface area (Å²) in [5.41, 5.74) is 4.73. The molecule has 3 aromatic carbocycles. The fourth-order valence-corrected chi connectivity index (χ4v) is 3.80. The minimum absolute atomic E-state index is 0.0196. The minimum atomic E-state index is -0.269. The maximum absolute atomic E-state index is 13.2. The van der Waals surface area contributed by atoms with Crippen LogP contribution in [0.15, 0.2) is 72.8 Å². The molecule has 0 aliphatic rings. The first-order valence-electron chi connectivity index (χ1n) is 9.85. The molecule has 2 aromatic heterocycles. The number of benzene rings is 3. The van der Waals surface area contributed by atoms with Crippen molar-refractivity contribution in [3.8, 4) is 23.1 Å². The van der Waals surface area contributed by atoms with Gasteiger partial charge in [-0.1, -0.05) is 54.1 Å². The van der Waals surface area contributed by atoms with Gasteiger partial charge < -0.3 is 10.1 Å². The summed E-state index contributed by atoms with van der Waals surface area (Å²) in [7, 11) is 0. The Bertz CT molecular complexity index is 1360. The van der Waals surface area contributed by atoms with Gasteiger partial charge in [0.15, 0.2) is 0 Å². The molecule has 7 heteroatoms. The quantitative estimate of drug-likeness (QED) is 0.374. The van der Waals surface area contributed by atoms with E-state index in [1.54, 1.807) is 24.3 Å². The van der Waals surface area contributed by atoms with E-state index >= 15 is 0 Å². The van der Waals surface area contributed by atoms with Gasteiger partial charge in [-0.15, -0.1) is 0 Å². The van der Waals surface area contributed by atoms with Gasteiger partial charge in [0.2, 0.25) is 11.8 Å². The molecule has 31 heavy (non-hydrogen) atoms. The second kappa shape index (κ2) is 7.89. The molecule has 5 nitrogen and oxygen atoms in total. The van der Waals surface area contributed by atoms with E-state index in [-0.39, 0.29) is 11.7 Å². The van der Waals surface area contributed by atoms with E-state index in [1.165, 1.54) is 16.8 Å². The Labute approximate surface area is 182 Å². The summed E-state index contributed by atoms with van der Waals surface area (Å²) in [4.78, 5) is 7.72. The van der Waals surface area contributed by atoms with Gasteiger partial charge in [0, 0.05) is 16.1 Å². The van der Waals surface area contributed by atoms with E-state index in [0.29, 0.717) is 40.6 Å². The van der Waals surface area contributed by atoms with E-state index in [1.807, 2.05) is 36.4 Å². The number of aromatic amines is 1. The molecule has 0 aliphatic carbocycles. The van der Waals surface area contributed by atoms with Crippen LogP contribution in [0, 0.1) is 5.82 Å². The number of halogens is 2. The van der Waals surface area contributed by atoms with Gasteiger partial charge in [-0.2, -0.15) is 9.78 Å². The predicted octanol–water partition coefficient (Wildman–Crippen LogP) is 5.70. The fourth-order valence-electron chi connectivity index (χ4n) is 3.63. The first-order chi connectivity index (χ1) is 15.1. The van der Waals surface area contributed by atoms with Gasteiger partial charge in [-0.25, -0.2) is 9.37 Å². The van der Waals surface area contributed by atoms with E-state index in [0.717, 1.165) is 16.6 Å². The van der Waals surface area contributed by atoms with Gasteiger partial charge in [-0.05, 0) is 48.7 Å². The Morgan fingerprint density at radius 2 is 1.74 bits per heavy atom. The van der Waals surface area contributed by atoms with Crippen molar-refractivity contribution in [3.05, 3.63) is 94.8 Å². The fraction of sp³-hybridized carbons (Fsp3) is 0.0833. The van der Waals surface area contributed by atoms with Gasteiger partial charge in [-0.3, -0.25) is 0 Å². The molecule has 2 heterocycles. The van der Waals surface area contributed by atoms with Crippen molar-refractivity contribution in [1.82, 2.24) is 19.7 Å². The normalized spacial score (nSPS) is 11.3. The molecule has 0 spiro atoms. The number of fused-ring (bicyclic) bond motifs is 1. The number of imidazole rings is 1. The van der Waals surface area contributed by atoms with Crippen molar-refractivity contribution < 1.29 is 9.50 Å². The first kappa shape index (κ1) is 19.3. The van der Waals surface area contributed by atoms with Crippen LogP contribution < -0.4 is 0 Å². The maximum atomic E-state index is 13.2. The Morgan fingerprint density at radius 3 is 2.52 bits per heavy atom. The molecule has 0 saturated carbocycles. The lowest BCUT2D eigenvalue weighted by Crippen LogP contribution is -1.98. The molecule has 0 aliphatic heterocycles. The third kappa shape index (κ3) is 3.78. The second-order valence-corrected chi connectivity index (χ2v) is 7.71. The van der Waals surface area contributed by atoms with Crippen LogP contribution in [0.1, 0.15) is 11.1 Å². The van der Waals surface area contributed by atoms with Crippen LogP contribution >= 0.6 is 11.6 Å². The van der Waals surface area contributed by atoms with Crippen molar-refractivity contribution in [1.29, 1.82) is 0 Å². The topological polar surface area (TPSA) is 66.7 Å². The Hall–Kier alpha value is -3.64. The summed E-state index contributed by atoms with van der Waals surface area (Å²) < 4.78 is 14.6. The molecule has 0 unspecified atom stereocenters. The van der Waals surface area contributed by atoms with Crippen molar-refractivity contribution in [3.63, 3.8) is 0 Å². The largest absolute Gasteiger partial charge is 0.493 e. The first-order valence-corrected chi connectivity index (χ1v) is 10.2. The molecule has 154 valence electrons. The van der Waals surface area contributed by atoms with Crippen molar-refractivity contribution in [2.75, 3.05) is 0 Å². The number of aromatic hydroxyl groups is 1. The molecule has 0 fully saturated rings. The summed E-state index contributed by atoms with van der Waals surface area (Å²) in [5.74, 6) is 0.153. The molecule has 5 rings (SSSR count). The molecule has 0 atom stereocenters. The van der Waals surface area contributed by atoms with Crippen LogP contribution in [0.3, 0.4) is 0 Å². The van der Waals surface area contributed by atoms with Crippen LogP contribution in [0.2, 0.25) is 5.02 Å². The number of nitrogens with one attached hydrogen (secondary N) is 1. The Kier molecular flexibility index (Phi) is 4.92. The number of aromatic nitrogens is 4. The predicted molar refractivity (Wildman–Crippen MR) is 119 cm³/mol. The third-order valence-corrected chi connectivity index (χ3v) is 5.45. The lowest BCUT2D eigenvalue weighted by molar-refractivity contribution is 0.425. The van der Waals surface area contributed by atoms with E-state index in [9.17, 15) is 9.50 Å². The highest BCUT2D eigenvalue weighted by Gasteiger charge is 2.21. The molecule has 5 aromatic rings. The van der Waals surface area contributed by atoms with Gasteiger partial charge in [0.1, 0.15) is 11.5 Å². The smallest absolute Gasteiger partial charge is 0.232 e. The number of rotatable bonds is 5. The number of aryl methyl sites for hydroxylation is 1. The summed E-state index contributed by atoms with van der Waals surface area (Å²) in [6.07, 6.45) is 1.17. The Balaban J connectivity index is 1.58. The third-order valence-electron chi connectivity index (χ3n) is 5.21. The van der Waals surface area contributed by atoms with Crippen molar-refractivity contribution in [2.24, 2.45) is 0 Å². The highest BCUT2D eigenvalue weighted by Crippen LogP contribution is 2.33. The summed E-state index contributed by atoms with van der Waals surface area (Å²) in [6, 6.07) is 21.4. The zero-order valence-corrected chi connectivity index (χ0v) is 17.1. The van der Waals surface area contributed by atoms with Crippen LogP contribution in [-0.4, -0.2) is 24.9 Å². The number of hydrogen-bond donors (Lipinski definition) is 2. The average molecular weight is 433 g/mol. The highest BCUT2D eigenvalue weighted by atomic mass is 35.5. The van der Waals surface area contributed by atoms with E-state index in [4.69, 9.17) is 11.6 Å². The van der Waals surface area contributed by atoms with Gasteiger partial charge >= 0.3 is 0 Å². The molecule has 2 N–H and O–H groups in total. The summed E-state index contributed by atoms with van der Waals surface area (Å²) in [6.45, 7) is 0. The van der Waals surface area contributed by atoms with Crippen LogP contribution in [0.25, 0.3) is 28.2 Å². The van der Waals surface area contributed by atoms with Crippen LogP contribution in [0.5, 0.6) is 5.88 Å². The maximum Gasteiger partial charge on any atom is 0.232 e. The monoisotopic (exact) mass is 432 g/mol. The van der Waals surface area contributed by atoms with Gasteiger partial charge in [0.05, 0.1) is 11.0 Å². The summed E-state index contributed by atoms with van der Waals surface area (Å²) in [5, 5.41) is 16.3. The lowest BCUT2D eigenvalue weighted by Gasteiger charge is -2.04. The molecule has 0 saturated heterocycles. The van der Waals surface area contributed by atoms with Gasteiger partial charge in [0.25, 0.3) is 0 Å². The minimum Gasteiger partial charge on any atom is -0.493 e. The standard InChI is InChI=1S/C24H18ClFN4O/c25-17-9-13-20-21(14-17)28-24(27-20)30-23(31)19(12-8-15-6-10-18(26)11-7-15)22(29-30)16-4-2-1-3-5-16/h1-7,9-11,13-14,31H,8,12H2,(H,27,28). The summed E-state index contributed by atoms with van der Waals surface area (Å²) >= 11 is 6.07. The average Bonchev–Trinajstić information content (AvgIpc) is 3.34. The lowest BCUT2D eigenvalue weighted by atomic mass is 10.0.